The van der Waals surface area contributed by atoms with E-state index in [0.717, 1.165) is 45.3 Å². The van der Waals surface area contributed by atoms with Crippen molar-refractivity contribution in [3.8, 4) is 0 Å². The number of ether oxygens (including phenoxy) is 2. The predicted octanol–water partition coefficient (Wildman–Crippen LogP) is 8.01. The molecule has 3 aliphatic rings. The van der Waals surface area contributed by atoms with Crippen molar-refractivity contribution < 1.29 is 9.47 Å². The van der Waals surface area contributed by atoms with Crippen LogP contribution in [-0.2, 0) is 9.47 Å². The van der Waals surface area contributed by atoms with Crippen molar-refractivity contribution in [2.75, 3.05) is 13.2 Å². The number of benzene rings is 4. The summed E-state index contributed by atoms with van der Waals surface area (Å²) in [4.78, 5) is 0. The van der Waals surface area contributed by atoms with Crippen LogP contribution >= 0.6 is 15.8 Å². The minimum Gasteiger partial charge on any atom is -0.498 e. The van der Waals surface area contributed by atoms with Gasteiger partial charge in [-0.1, -0.05) is 127 Å². The molecule has 4 aromatic rings. The summed E-state index contributed by atoms with van der Waals surface area (Å²) in [5.74, 6) is 1.76. The Morgan fingerprint density at radius 2 is 1.07 bits per heavy atom. The third-order valence-electron chi connectivity index (χ3n) is 9.06. The zero-order valence-corrected chi connectivity index (χ0v) is 26.5. The molecule has 2 nitrogen and oxygen atoms in total. The highest BCUT2D eigenvalue weighted by Gasteiger charge is 2.48. The molecule has 4 heteroatoms. The van der Waals surface area contributed by atoms with E-state index in [4.69, 9.17) is 9.47 Å². The van der Waals surface area contributed by atoms with Crippen LogP contribution in [0.4, 0.5) is 0 Å². The maximum absolute atomic E-state index is 6.88. The fourth-order valence-electron chi connectivity index (χ4n) is 7.30. The summed E-state index contributed by atoms with van der Waals surface area (Å²) in [7, 11) is -1.33. The lowest BCUT2D eigenvalue weighted by Crippen LogP contribution is -2.43. The van der Waals surface area contributed by atoms with Crippen LogP contribution in [0, 0.1) is 11.8 Å². The van der Waals surface area contributed by atoms with Crippen LogP contribution in [-0.4, -0.2) is 25.0 Å². The van der Waals surface area contributed by atoms with E-state index in [2.05, 4.69) is 133 Å². The van der Waals surface area contributed by atoms with Crippen LogP contribution in [0.5, 0.6) is 0 Å². The average Bonchev–Trinajstić information content (AvgIpc) is 3.17. The molecule has 0 saturated carbocycles. The lowest BCUT2D eigenvalue weighted by molar-refractivity contribution is 0.00456. The molecule has 0 bridgehead atoms. The lowest BCUT2D eigenvalue weighted by atomic mass is 9.76. The number of fused-ring (bicyclic) bond motifs is 3. The quantitative estimate of drug-likeness (QED) is 0.208. The second-order valence-electron chi connectivity index (χ2n) is 11.7. The first kappa shape index (κ1) is 28.7. The molecule has 1 heterocycles. The van der Waals surface area contributed by atoms with Gasteiger partial charge in [-0.25, -0.2) is 0 Å². The molecule has 0 spiro atoms. The Balaban J connectivity index is 1.41. The maximum atomic E-state index is 6.88. The Hall–Kier alpha value is -3.02. The normalized spacial score (nSPS) is 24.0. The van der Waals surface area contributed by atoms with E-state index in [1.54, 1.807) is 5.31 Å². The molecule has 2 aliphatic carbocycles. The number of hydrogen-bond donors (Lipinski definition) is 0. The minimum atomic E-state index is -0.715. The van der Waals surface area contributed by atoms with E-state index >= 15 is 0 Å². The largest absolute Gasteiger partial charge is 0.498 e. The average molecular weight is 603 g/mol. The van der Waals surface area contributed by atoms with Crippen molar-refractivity contribution in [1.29, 1.82) is 0 Å². The lowest BCUT2D eigenvalue weighted by Gasteiger charge is -2.47. The predicted molar refractivity (Wildman–Crippen MR) is 184 cm³/mol. The van der Waals surface area contributed by atoms with E-state index in [9.17, 15) is 0 Å². The van der Waals surface area contributed by atoms with Crippen molar-refractivity contribution in [3.05, 3.63) is 145 Å². The SMILES string of the molecule is C1=C2OCCCOC3CCC=C(P(c4ccccc4)c4ccccc4)[C@H]3[C@H]2[C@@H](P(c2ccccc2)c2ccccc2)CC1. The smallest absolute Gasteiger partial charge is 0.0964 e. The summed E-state index contributed by atoms with van der Waals surface area (Å²) in [5.41, 5.74) is 0.457. The van der Waals surface area contributed by atoms with Gasteiger partial charge in [-0.2, -0.15) is 0 Å². The van der Waals surface area contributed by atoms with Crippen LogP contribution in [0.15, 0.2) is 145 Å². The Labute approximate surface area is 259 Å². The van der Waals surface area contributed by atoms with Gasteiger partial charge in [0.1, 0.15) is 0 Å². The zero-order chi connectivity index (χ0) is 28.8. The molecule has 4 atom stereocenters. The summed E-state index contributed by atoms with van der Waals surface area (Å²) in [6.07, 6.45) is 10.5. The topological polar surface area (TPSA) is 18.5 Å². The van der Waals surface area contributed by atoms with Crippen molar-refractivity contribution >= 4 is 37.1 Å². The van der Waals surface area contributed by atoms with Gasteiger partial charge in [-0.05, 0) is 79.8 Å². The molecule has 4 aromatic carbocycles. The maximum Gasteiger partial charge on any atom is 0.0964 e. The van der Waals surface area contributed by atoms with Gasteiger partial charge in [-0.15, -0.1) is 0 Å². The molecule has 0 aromatic heterocycles. The third kappa shape index (κ3) is 6.17. The van der Waals surface area contributed by atoms with Crippen LogP contribution in [0.25, 0.3) is 0 Å². The van der Waals surface area contributed by atoms with Gasteiger partial charge in [0.15, 0.2) is 0 Å². The molecular weight excluding hydrogens is 562 g/mol. The van der Waals surface area contributed by atoms with Gasteiger partial charge < -0.3 is 9.47 Å². The molecule has 0 amide bonds. The molecule has 7 rings (SSSR count). The Kier molecular flexibility index (Phi) is 9.18. The molecule has 1 fully saturated rings. The molecule has 1 unspecified atom stereocenters. The van der Waals surface area contributed by atoms with Gasteiger partial charge >= 0.3 is 0 Å². The molecule has 1 aliphatic heterocycles. The summed E-state index contributed by atoms with van der Waals surface area (Å²) < 4.78 is 13.7. The van der Waals surface area contributed by atoms with E-state index in [0.29, 0.717) is 5.66 Å². The molecule has 1 saturated heterocycles. The number of rotatable bonds is 6. The first-order valence-electron chi connectivity index (χ1n) is 15.8. The van der Waals surface area contributed by atoms with E-state index in [1.807, 2.05) is 0 Å². The highest BCUT2D eigenvalue weighted by atomic mass is 31.1. The van der Waals surface area contributed by atoms with Crippen LogP contribution in [0.1, 0.15) is 32.1 Å². The summed E-state index contributed by atoms with van der Waals surface area (Å²) >= 11 is 0. The Morgan fingerprint density at radius 3 is 1.65 bits per heavy atom. The zero-order valence-electron chi connectivity index (χ0n) is 24.7. The molecule has 218 valence electrons. The molecule has 43 heavy (non-hydrogen) atoms. The van der Waals surface area contributed by atoms with E-state index in [1.165, 1.54) is 27.0 Å². The van der Waals surface area contributed by atoms with Crippen molar-refractivity contribution in [2.24, 2.45) is 11.8 Å². The second kappa shape index (κ2) is 13.7. The van der Waals surface area contributed by atoms with Gasteiger partial charge in [0.25, 0.3) is 0 Å². The first-order chi connectivity index (χ1) is 21.4. The van der Waals surface area contributed by atoms with Gasteiger partial charge in [0.05, 0.1) is 25.1 Å². The standard InChI is InChI=1S/C39H40O2P2/c1-5-16-30(17-6-1)42(31-18-7-2-8-19-31)36-26-13-24-34-38(36)39-35(41-29-15-28-40-34)25-14-27-37(39)43(32-20-9-3-10-21-32)33-22-11-4-12-23-33/h1-12,16-24,27,35-36,38-39H,13-15,25-26,28-29H2/t35?,36-,38+,39-/m0/s1. The van der Waals surface area contributed by atoms with E-state index < -0.39 is 15.8 Å². The second-order valence-corrected chi connectivity index (χ2v) is 16.3. The first-order valence-corrected chi connectivity index (χ1v) is 18.6. The van der Waals surface area contributed by atoms with Crippen LogP contribution < -0.4 is 21.2 Å². The molecule has 0 N–H and O–H groups in total. The Bertz CT molecular complexity index is 1440. The third-order valence-corrected chi connectivity index (χ3v) is 14.6. The van der Waals surface area contributed by atoms with Crippen LogP contribution in [0.3, 0.4) is 0 Å². The highest BCUT2D eigenvalue weighted by molar-refractivity contribution is 7.76. The van der Waals surface area contributed by atoms with Crippen LogP contribution in [0.2, 0.25) is 0 Å². The van der Waals surface area contributed by atoms with Crippen molar-refractivity contribution in [3.63, 3.8) is 0 Å². The van der Waals surface area contributed by atoms with Crippen molar-refractivity contribution in [1.82, 2.24) is 0 Å². The molecular formula is C39H40O2P2. The van der Waals surface area contributed by atoms with Gasteiger partial charge in [-0.3, -0.25) is 0 Å². The number of hydrogen-bond acceptors (Lipinski definition) is 2. The van der Waals surface area contributed by atoms with E-state index in [-0.39, 0.29) is 17.9 Å². The summed E-state index contributed by atoms with van der Waals surface area (Å²) in [6.45, 7) is 1.49. The van der Waals surface area contributed by atoms with Gasteiger partial charge in [0.2, 0.25) is 0 Å². The van der Waals surface area contributed by atoms with Crippen molar-refractivity contribution in [2.45, 2.75) is 43.9 Å². The van der Waals surface area contributed by atoms with Gasteiger partial charge in [0, 0.05) is 18.3 Å². The fraction of sp³-hybridized carbons (Fsp3) is 0.282. The monoisotopic (exact) mass is 602 g/mol. The Morgan fingerprint density at radius 1 is 0.535 bits per heavy atom. The highest BCUT2D eigenvalue weighted by Crippen LogP contribution is 2.59. The minimum absolute atomic E-state index is 0.191. The summed E-state index contributed by atoms with van der Waals surface area (Å²) in [6, 6.07) is 45.1. The summed E-state index contributed by atoms with van der Waals surface area (Å²) in [5, 5.41) is 7.34. The fourth-order valence-corrected chi connectivity index (χ4v) is 13.2. The molecule has 0 radical (unpaired) electrons. The number of allylic oxidation sites excluding steroid dienone is 3.